The summed E-state index contributed by atoms with van der Waals surface area (Å²) in [5.41, 5.74) is 2.93. The molecular weight excluding hydrogens is 418 g/mol. The number of thioether (sulfide) groups is 2. The average Bonchev–Trinajstić information content (AvgIpc) is 3.13. The molecule has 0 aromatic heterocycles. The van der Waals surface area contributed by atoms with Crippen LogP contribution in [-0.2, 0) is 9.59 Å². The Labute approximate surface area is 184 Å². The molecule has 2 heterocycles. The van der Waals surface area contributed by atoms with E-state index in [1.807, 2.05) is 48.9 Å². The van der Waals surface area contributed by atoms with Crippen molar-refractivity contribution in [2.24, 2.45) is 0 Å². The van der Waals surface area contributed by atoms with Crippen molar-refractivity contribution in [3.63, 3.8) is 0 Å². The molecule has 156 valence electrons. The number of fused-ring (bicyclic) bond motifs is 2. The van der Waals surface area contributed by atoms with E-state index >= 15 is 0 Å². The molecule has 30 heavy (non-hydrogen) atoms. The second-order valence-corrected chi connectivity index (χ2v) is 9.06. The van der Waals surface area contributed by atoms with Crippen LogP contribution in [-0.4, -0.2) is 59.5 Å². The van der Waals surface area contributed by atoms with Crippen molar-refractivity contribution in [1.82, 2.24) is 10.2 Å². The second-order valence-electron chi connectivity index (χ2n) is 7.32. The highest BCUT2D eigenvalue weighted by Gasteiger charge is 2.45. The molecule has 2 aromatic rings. The molecule has 1 fully saturated rings. The van der Waals surface area contributed by atoms with Crippen LogP contribution in [0.4, 0.5) is 5.69 Å². The Hall–Kier alpha value is -2.45. The lowest BCUT2D eigenvalue weighted by molar-refractivity contribution is -0.122. The number of anilines is 1. The Morgan fingerprint density at radius 2 is 1.87 bits per heavy atom. The molecule has 2 aliphatic heterocycles. The number of carbonyl (C=O) groups excluding carboxylic acids is 3. The smallest absolute Gasteiger partial charge is 0.256 e. The molecule has 2 aromatic carbocycles. The highest BCUT2D eigenvalue weighted by Crippen LogP contribution is 2.32. The first kappa shape index (κ1) is 20.8. The minimum Gasteiger partial charge on any atom is -0.350 e. The predicted octanol–water partition coefficient (Wildman–Crippen LogP) is 3.09. The van der Waals surface area contributed by atoms with Crippen molar-refractivity contribution in [2.75, 3.05) is 30.1 Å². The van der Waals surface area contributed by atoms with Crippen LogP contribution in [0.1, 0.15) is 16.8 Å². The van der Waals surface area contributed by atoms with Gasteiger partial charge < -0.3 is 15.5 Å². The maximum Gasteiger partial charge on any atom is 0.256 e. The van der Waals surface area contributed by atoms with Gasteiger partial charge in [0.1, 0.15) is 6.04 Å². The monoisotopic (exact) mass is 441 g/mol. The Balaban J connectivity index is 1.63. The summed E-state index contributed by atoms with van der Waals surface area (Å²) < 4.78 is 0. The van der Waals surface area contributed by atoms with Crippen molar-refractivity contribution < 1.29 is 14.4 Å². The van der Waals surface area contributed by atoms with Gasteiger partial charge >= 0.3 is 0 Å². The first-order chi connectivity index (χ1) is 14.5. The van der Waals surface area contributed by atoms with E-state index in [4.69, 9.17) is 0 Å². The van der Waals surface area contributed by atoms with Gasteiger partial charge in [0.2, 0.25) is 11.8 Å². The largest absolute Gasteiger partial charge is 0.350 e. The minimum absolute atomic E-state index is 0.118. The van der Waals surface area contributed by atoms with Crippen LogP contribution in [0.25, 0.3) is 11.1 Å². The lowest BCUT2D eigenvalue weighted by atomic mass is 10.0. The number of carbonyl (C=O) groups is 3. The van der Waals surface area contributed by atoms with E-state index in [1.54, 1.807) is 22.7 Å². The zero-order valence-electron chi connectivity index (χ0n) is 16.8. The maximum absolute atomic E-state index is 13.3. The first-order valence-corrected chi connectivity index (χ1v) is 12.3. The van der Waals surface area contributed by atoms with Gasteiger partial charge in [0.05, 0.1) is 23.0 Å². The van der Waals surface area contributed by atoms with Gasteiger partial charge in [0, 0.05) is 11.4 Å². The van der Waals surface area contributed by atoms with Gasteiger partial charge in [-0.05, 0) is 54.3 Å². The number of nitrogens with zero attached hydrogens (tertiary/aromatic N) is 1. The molecule has 3 amide bonds. The Kier molecular flexibility index (Phi) is 6.06. The third kappa shape index (κ3) is 3.94. The molecule has 0 radical (unpaired) electrons. The van der Waals surface area contributed by atoms with E-state index in [0.717, 1.165) is 11.1 Å². The minimum atomic E-state index is -0.694. The van der Waals surface area contributed by atoms with E-state index < -0.39 is 6.04 Å². The summed E-state index contributed by atoms with van der Waals surface area (Å²) in [4.78, 5) is 41.0. The summed E-state index contributed by atoms with van der Waals surface area (Å²) >= 11 is 3.10. The topological polar surface area (TPSA) is 78.5 Å². The van der Waals surface area contributed by atoms with Crippen molar-refractivity contribution >= 4 is 46.9 Å². The van der Waals surface area contributed by atoms with Gasteiger partial charge in [0.15, 0.2) is 0 Å². The van der Waals surface area contributed by atoms with Gasteiger partial charge in [-0.1, -0.05) is 18.2 Å². The molecule has 0 saturated carbocycles. The SMILES string of the molecule is CSCC(=O)NC1CCN2C(=O)c3cc(-c4ccc(SC)cc4)ccc3NC(=O)C12. The highest BCUT2D eigenvalue weighted by atomic mass is 32.2. The molecule has 2 unspecified atom stereocenters. The summed E-state index contributed by atoms with van der Waals surface area (Å²) in [7, 11) is 0. The number of amides is 3. The molecular formula is C22H23N3O3S2. The fraction of sp³-hybridized carbons (Fsp3) is 0.318. The van der Waals surface area contributed by atoms with Gasteiger partial charge in [-0.15, -0.1) is 11.8 Å². The van der Waals surface area contributed by atoms with Crippen LogP contribution in [0.2, 0.25) is 0 Å². The third-order valence-corrected chi connectivity index (χ3v) is 6.77. The lowest BCUT2D eigenvalue weighted by Crippen LogP contribution is -2.51. The summed E-state index contributed by atoms with van der Waals surface area (Å²) in [6.45, 7) is 0.438. The van der Waals surface area contributed by atoms with Gasteiger partial charge in [-0.3, -0.25) is 14.4 Å². The van der Waals surface area contributed by atoms with E-state index in [0.29, 0.717) is 30.0 Å². The number of hydrogen-bond donors (Lipinski definition) is 2. The van der Waals surface area contributed by atoms with Gasteiger partial charge in [0.25, 0.3) is 5.91 Å². The van der Waals surface area contributed by atoms with Crippen LogP contribution in [0.3, 0.4) is 0 Å². The Morgan fingerprint density at radius 1 is 1.13 bits per heavy atom. The van der Waals surface area contributed by atoms with Crippen molar-refractivity contribution in [2.45, 2.75) is 23.4 Å². The fourth-order valence-corrected chi connectivity index (χ4v) is 4.78. The highest BCUT2D eigenvalue weighted by molar-refractivity contribution is 7.99. The van der Waals surface area contributed by atoms with Crippen LogP contribution in [0.15, 0.2) is 47.4 Å². The predicted molar refractivity (Wildman–Crippen MR) is 122 cm³/mol. The molecule has 2 aliphatic rings. The van der Waals surface area contributed by atoms with Crippen molar-refractivity contribution in [3.05, 3.63) is 48.0 Å². The number of rotatable bonds is 5. The molecule has 8 heteroatoms. The summed E-state index contributed by atoms with van der Waals surface area (Å²) in [6.07, 6.45) is 4.45. The number of benzene rings is 2. The molecule has 0 spiro atoms. The van der Waals surface area contributed by atoms with Crippen LogP contribution in [0, 0.1) is 0 Å². The molecule has 4 rings (SSSR count). The van der Waals surface area contributed by atoms with Crippen LogP contribution in [0.5, 0.6) is 0 Å². The molecule has 2 atom stereocenters. The first-order valence-electron chi connectivity index (χ1n) is 9.70. The molecule has 2 N–H and O–H groups in total. The molecule has 1 saturated heterocycles. The third-order valence-electron chi connectivity index (χ3n) is 5.48. The fourth-order valence-electron chi connectivity index (χ4n) is 4.03. The van der Waals surface area contributed by atoms with Crippen molar-refractivity contribution in [3.8, 4) is 11.1 Å². The summed E-state index contributed by atoms with van der Waals surface area (Å²) in [5, 5.41) is 5.81. The van der Waals surface area contributed by atoms with Gasteiger partial charge in [-0.25, -0.2) is 0 Å². The summed E-state index contributed by atoms with van der Waals surface area (Å²) in [5.74, 6) is -0.228. The number of nitrogens with one attached hydrogen (secondary N) is 2. The standard InChI is InChI=1S/C22H23N3O3S2/c1-29-12-19(26)23-18-9-10-25-20(18)21(27)24-17-8-5-14(11-16(17)22(25)28)13-3-6-15(30-2)7-4-13/h3-8,11,18,20H,9-10,12H2,1-2H3,(H,23,26)(H,24,27). The number of hydrogen-bond acceptors (Lipinski definition) is 5. The Bertz CT molecular complexity index is 994. The second kappa shape index (κ2) is 8.73. The van der Waals surface area contributed by atoms with E-state index in [-0.39, 0.29) is 23.8 Å². The van der Waals surface area contributed by atoms with Gasteiger partial charge in [-0.2, -0.15) is 11.8 Å². The molecule has 0 aliphatic carbocycles. The quantitative estimate of drug-likeness (QED) is 0.697. The average molecular weight is 442 g/mol. The van der Waals surface area contributed by atoms with Crippen LogP contribution < -0.4 is 10.6 Å². The molecule has 0 bridgehead atoms. The van der Waals surface area contributed by atoms with E-state index in [9.17, 15) is 14.4 Å². The maximum atomic E-state index is 13.3. The van der Waals surface area contributed by atoms with Crippen LogP contribution >= 0.6 is 23.5 Å². The molecule has 6 nitrogen and oxygen atoms in total. The van der Waals surface area contributed by atoms with E-state index in [2.05, 4.69) is 10.6 Å². The van der Waals surface area contributed by atoms with E-state index in [1.165, 1.54) is 16.7 Å². The zero-order chi connectivity index (χ0) is 21.3. The Morgan fingerprint density at radius 3 is 2.57 bits per heavy atom. The van der Waals surface area contributed by atoms with Crippen molar-refractivity contribution in [1.29, 1.82) is 0 Å². The lowest BCUT2D eigenvalue weighted by Gasteiger charge is -2.24. The summed E-state index contributed by atoms with van der Waals surface area (Å²) in [6, 6.07) is 12.6. The normalized spacial score (nSPS) is 20.3. The zero-order valence-corrected chi connectivity index (χ0v) is 18.4.